The van der Waals surface area contributed by atoms with Crippen molar-refractivity contribution >= 4 is 11.9 Å². The zero-order valence-corrected chi connectivity index (χ0v) is 21.1. The molecule has 1 amide bonds. The van der Waals surface area contributed by atoms with Gasteiger partial charge in [-0.1, -0.05) is 76.8 Å². The van der Waals surface area contributed by atoms with Crippen LogP contribution in [0.5, 0.6) is 0 Å². The van der Waals surface area contributed by atoms with Crippen molar-refractivity contribution in [1.82, 2.24) is 15.4 Å². The lowest BCUT2D eigenvalue weighted by atomic mass is 10.1. The van der Waals surface area contributed by atoms with Crippen molar-refractivity contribution in [3.05, 3.63) is 65.5 Å². The van der Waals surface area contributed by atoms with E-state index in [4.69, 9.17) is 9.94 Å². The largest absolute Gasteiger partial charge is 0.479 e. The number of nitrogens with one attached hydrogen (secondary N) is 1. The summed E-state index contributed by atoms with van der Waals surface area (Å²) in [4.78, 5) is 33.1. The molecule has 35 heavy (non-hydrogen) atoms. The minimum atomic E-state index is -1.04. The number of hydrogen-bond donors (Lipinski definition) is 2. The SMILES string of the molecule is CCCCCCCCCCCCNC(=O)c1cccc(CN(Cc2ccncc2)OCC(=O)O)c1. The number of aliphatic carboxylic acids is 1. The van der Waals surface area contributed by atoms with E-state index in [0.29, 0.717) is 25.2 Å². The first-order valence-electron chi connectivity index (χ1n) is 12.9. The van der Waals surface area contributed by atoms with Gasteiger partial charge >= 0.3 is 5.97 Å². The predicted molar refractivity (Wildman–Crippen MR) is 138 cm³/mol. The summed E-state index contributed by atoms with van der Waals surface area (Å²) in [7, 11) is 0. The average Bonchev–Trinajstić information content (AvgIpc) is 2.86. The van der Waals surface area contributed by atoms with Gasteiger partial charge in [0.2, 0.25) is 0 Å². The van der Waals surface area contributed by atoms with Crippen molar-refractivity contribution in [1.29, 1.82) is 0 Å². The van der Waals surface area contributed by atoms with Crippen LogP contribution < -0.4 is 5.32 Å². The summed E-state index contributed by atoms with van der Waals surface area (Å²) in [6, 6.07) is 11.1. The van der Waals surface area contributed by atoms with Crippen molar-refractivity contribution in [3.63, 3.8) is 0 Å². The summed E-state index contributed by atoms with van der Waals surface area (Å²) in [5, 5.41) is 13.6. The van der Waals surface area contributed by atoms with Gasteiger partial charge in [-0.2, -0.15) is 5.06 Å². The van der Waals surface area contributed by atoms with Gasteiger partial charge in [0.1, 0.15) is 0 Å². The normalized spacial score (nSPS) is 11.0. The summed E-state index contributed by atoms with van der Waals surface area (Å²) in [6.07, 6.45) is 16.0. The number of nitrogens with zero attached hydrogens (tertiary/aromatic N) is 2. The lowest BCUT2D eigenvalue weighted by Crippen LogP contribution is -2.27. The van der Waals surface area contributed by atoms with E-state index in [9.17, 15) is 9.59 Å². The summed E-state index contributed by atoms with van der Waals surface area (Å²) in [5.74, 6) is -1.13. The predicted octanol–water partition coefficient (Wildman–Crippen LogP) is 5.75. The number of carbonyl (C=O) groups excluding carboxylic acids is 1. The molecule has 2 rings (SSSR count). The topological polar surface area (TPSA) is 91.8 Å². The fourth-order valence-corrected chi connectivity index (χ4v) is 3.92. The number of rotatable bonds is 19. The van der Waals surface area contributed by atoms with Gasteiger partial charge in [-0.15, -0.1) is 0 Å². The number of carboxylic acids is 1. The number of benzene rings is 1. The summed E-state index contributed by atoms with van der Waals surface area (Å²) >= 11 is 0. The number of carboxylic acid groups (broad SMARTS) is 1. The molecule has 0 saturated heterocycles. The Kier molecular flexibility index (Phi) is 14.3. The second-order valence-corrected chi connectivity index (χ2v) is 8.96. The van der Waals surface area contributed by atoms with E-state index in [-0.39, 0.29) is 5.91 Å². The number of carbonyl (C=O) groups is 2. The van der Waals surface area contributed by atoms with Crippen LogP contribution in [0.3, 0.4) is 0 Å². The number of amides is 1. The first-order chi connectivity index (χ1) is 17.1. The maximum absolute atomic E-state index is 12.6. The number of unbranched alkanes of at least 4 members (excludes halogenated alkanes) is 9. The van der Waals surface area contributed by atoms with Gasteiger partial charge in [0, 0.05) is 37.6 Å². The summed E-state index contributed by atoms with van der Waals surface area (Å²) in [5.41, 5.74) is 2.42. The second-order valence-electron chi connectivity index (χ2n) is 8.96. The molecule has 0 radical (unpaired) electrons. The summed E-state index contributed by atoms with van der Waals surface area (Å²) < 4.78 is 0. The molecule has 192 valence electrons. The second kappa shape index (κ2) is 17.6. The maximum Gasteiger partial charge on any atom is 0.331 e. The maximum atomic E-state index is 12.6. The van der Waals surface area contributed by atoms with Gasteiger partial charge in [0.25, 0.3) is 5.91 Å². The van der Waals surface area contributed by atoms with Crippen LogP contribution in [0.2, 0.25) is 0 Å². The molecular formula is C28H41N3O4. The minimum absolute atomic E-state index is 0.0880. The van der Waals surface area contributed by atoms with Crippen molar-refractivity contribution < 1.29 is 19.5 Å². The van der Waals surface area contributed by atoms with E-state index in [1.54, 1.807) is 23.5 Å². The molecule has 0 aliphatic carbocycles. The van der Waals surface area contributed by atoms with Crippen LogP contribution in [-0.4, -0.2) is 40.2 Å². The van der Waals surface area contributed by atoms with E-state index < -0.39 is 12.6 Å². The van der Waals surface area contributed by atoms with Gasteiger partial charge in [-0.05, 0) is 41.8 Å². The van der Waals surface area contributed by atoms with E-state index in [1.807, 2.05) is 30.3 Å². The van der Waals surface area contributed by atoms with Crippen LogP contribution in [-0.2, 0) is 22.7 Å². The fourth-order valence-electron chi connectivity index (χ4n) is 3.92. The molecule has 0 aliphatic heterocycles. The molecule has 0 aliphatic rings. The Bertz CT molecular complexity index is 860. The standard InChI is InChI=1S/C28H41N3O4/c1-2-3-4-5-6-7-8-9-10-11-17-30-28(34)26-14-12-13-25(20-26)22-31(35-23-27(32)33)21-24-15-18-29-19-16-24/h12-16,18-20H,2-11,17,21-23H2,1H3,(H,30,34)(H,32,33). The van der Waals surface area contributed by atoms with Crippen molar-refractivity contribution in [2.75, 3.05) is 13.2 Å². The van der Waals surface area contributed by atoms with Crippen LogP contribution in [0.1, 0.15) is 92.6 Å². The third kappa shape index (κ3) is 13.0. The van der Waals surface area contributed by atoms with Gasteiger partial charge in [-0.3, -0.25) is 14.6 Å². The molecule has 7 nitrogen and oxygen atoms in total. The Morgan fingerprint density at radius 1 is 0.886 bits per heavy atom. The molecule has 2 aromatic rings. The van der Waals surface area contributed by atoms with Crippen LogP contribution in [0, 0.1) is 0 Å². The van der Waals surface area contributed by atoms with Crippen molar-refractivity contribution in [2.24, 2.45) is 0 Å². The van der Waals surface area contributed by atoms with Crippen molar-refractivity contribution in [3.8, 4) is 0 Å². The highest BCUT2D eigenvalue weighted by Gasteiger charge is 2.12. The molecule has 7 heteroatoms. The van der Waals surface area contributed by atoms with Crippen LogP contribution in [0.25, 0.3) is 0 Å². The molecule has 0 bridgehead atoms. The molecule has 0 unspecified atom stereocenters. The number of aromatic nitrogens is 1. The van der Waals surface area contributed by atoms with E-state index in [1.165, 1.54) is 51.4 Å². The Hall–Kier alpha value is -2.77. The van der Waals surface area contributed by atoms with Crippen LogP contribution in [0.15, 0.2) is 48.8 Å². The highest BCUT2D eigenvalue weighted by Crippen LogP contribution is 2.13. The Labute approximate surface area is 209 Å². The van der Waals surface area contributed by atoms with Crippen LogP contribution in [0.4, 0.5) is 0 Å². The van der Waals surface area contributed by atoms with Crippen molar-refractivity contribution in [2.45, 2.75) is 84.2 Å². The first-order valence-corrected chi connectivity index (χ1v) is 12.9. The summed E-state index contributed by atoms with van der Waals surface area (Å²) in [6.45, 7) is 3.26. The lowest BCUT2D eigenvalue weighted by Gasteiger charge is -2.21. The van der Waals surface area contributed by atoms with Gasteiger partial charge < -0.3 is 10.4 Å². The van der Waals surface area contributed by atoms with Gasteiger partial charge in [0.05, 0.1) is 0 Å². The first kappa shape index (κ1) is 28.5. The van der Waals surface area contributed by atoms with Crippen LogP contribution >= 0.6 is 0 Å². The van der Waals surface area contributed by atoms with Gasteiger partial charge in [0.15, 0.2) is 6.61 Å². The molecule has 0 fully saturated rings. The third-order valence-corrected chi connectivity index (χ3v) is 5.84. The zero-order valence-electron chi connectivity index (χ0n) is 21.1. The smallest absolute Gasteiger partial charge is 0.331 e. The number of hydrogen-bond acceptors (Lipinski definition) is 5. The third-order valence-electron chi connectivity index (χ3n) is 5.84. The monoisotopic (exact) mass is 483 g/mol. The molecule has 1 aromatic heterocycles. The quantitative estimate of drug-likeness (QED) is 0.195. The van der Waals surface area contributed by atoms with E-state index in [0.717, 1.165) is 24.0 Å². The average molecular weight is 484 g/mol. The Balaban J connectivity index is 1.74. The molecule has 2 N–H and O–H groups in total. The van der Waals surface area contributed by atoms with E-state index >= 15 is 0 Å². The fraction of sp³-hybridized carbons (Fsp3) is 0.536. The molecule has 0 atom stereocenters. The molecular weight excluding hydrogens is 442 g/mol. The highest BCUT2D eigenvalue weighted by molar-refractivity contribution is 5.94. The lowest BCUT2D eigenvalue weighted by molar-refractivity contribution is -0.190. The number of hydroxylamine groups is 2. The zero-order chi connectivity index (χ0) is 25.1. The van der Waals surface area contributed by atoms with E-state index in [2.05, 4.69) is 17.2 Å². The highest BCUT2D eigenvalue weighted by atomic mass is 16.7. The molecule has 1 heterocycles. The Morgan fingerprint density at radius 2 is 1.51 bits per heavy atom. The molecule has 1 aromatic carbocycles. The Morgan fingerprint density at radius 3 is 2.17 bits per heavy atom. The molecule has 0 spiro atoms. The number of pyridine rings is 1. The van der Waals surface area contributed by atoms with Gasteiger partial charge in [-0.25, -0.2) is 4.79 Å². The molecule has 0 saturated carbocycles. The minimum Gasteiger partial charge on any atom is -0.479 e.